The Kier molecular flexibility index (Phi) is 4.05. The summed E-state index contributed by atoms with van der Waals surface area (Å²) < 4.78 is 39.6. The number of aromatic nitrogens is 2. The first kappa shape index (κ1) is 15.1. The summed E-state index contributed by atoms with van der Waals surface area (Å²) in [6.07, 6.45) is 2.60. The number of rotatable bonds is 4. The van der Waals surface area contributed by atoms with Crippen molar-refractivity contribution in [2.24, 2.45) is 0 Å². The number of anilines is 1. The molecule has 2 aromatic rings. The molecule has 110 valence electrons. The van der Waals surface area contributed by atoms with Crippen LogP contribution in [-0.2, 0) is 10.0 Å². The van der Waals surface area contributed by atoms with Gasteiger partial charge in [0.2, 0.25) is 5.95 Å². The Hall–Kier alpha value is -2.26. The average molecular weight is 332 g/mol. The van der Waals surface area contributed by atoms with E-state index in [1.54, 1.807) is 0 Å². The summed E-state index contributed by atoms with van der Waals surface area (Å²) in [4.78, 5) is 17.6. The number of carboxylic acid groups (broad SMARTS) is 1. The number of hydrogen-bond acceptors (Lipinski definition) is 5. The minimum atomic E-state index is -4.25. The van der Waals surface area contributed by atoms with E-state index in [0.717, 1.165) is 6.07 Å². The van der Waals surface area contributed by atoms with Crippen LogP contribution < -0.4 is 4.72 Å². The lowest BCUT2D eigenvalue weighted by Gasteiger charge is -2.08. The Balaban J connectivity index is 2.48. The molecule has 0 aliphatic carbocycles. The molecule has 0 atom stereocenters. The Morgan fingerprint density at radius 2 is 1.90 bits per heavy atom. The van der Waals surface area contributed by atoms with E-state index >= 15 is 0 Å². The summed E-state index contributed by atoms with van der Waals surface area (Å²) in [5.74, 6) is -2.94. The minimum absolute atomic E-state index is 0.232. The van der Waals surface area contributed by atoms with Gasteiger partial charge in [-0.05, 0) is 18.2 Å². The second-order valence-corrected chi connectivity index (χ2v) is 5.81. The molecule has 2 rings (SSSR count). The molecule has 1 aromatic carbocycles. The third-order valence-electron chi connectivity index (χ3n) is 2.33. The van der Waals surface area contributed by atoms with Gasteiger partial charge >= 0.3 is 5.97 Å². The van der Waals surface area contributed by atoms with Crippen molar-refractivity contribution < 1.29 is 22.7 Å². The van der Waals surface area contributed by atoms with Crippen LogP contribution in [0.5, 0.6) is 0 Å². The van der Waals surface area contributed by atoms with E-state index in [2.05, 4.69) is 9.97 Å². The van der Waals surface area contributed by atoms with Gasteiger partial charge in [0, 0.05) is 12.4 Å². The van der Waals surface area contributed by atoms with Crippen molar-refractivity contribution in [1.82, 2.24) is 9.97 Å². The second-order valence-electron chi connectivity index (χ2n) is 3.75. The van der Waals surface area contributed by atoms with Crippen LogP contribution in [0.2, 0.25) is 5.02 Å². The quantitative estimate of drug-likeness (QED) is 0.883. The van der Waals surface area contributed by atoms with Gasteiger partial charge in [0.1, 0.15) is 5.82 Å². The lowest BCUT2D eigenvalue weighted by atomic mass is 10.2. The maximum absolute atomic E-state index is 13.6. The molecular weight excluding hydrogens is 325 g/mol. The number of carboxylic acids is 1. The monoisotopic (exact) mass is 331 g/mol. The zero-order valence-electron chi connectivity index (χ0n) is 10.1. The van der Waals surface area contributed by atoms with E-state index in [1.165, 1.54) is 18.5 Å². The number of carbonyl (C=O) groups is 1. The number of nitrogens with one attached hydrogen (secondary N) is 1. The van der Waals surface area contributed by atoms with Gasteiger partial charge in [-0.2, -0.15) is 0 Å². The molecule has 0 fully saturated rings. The van der Waals surface area contributed by atoms with Crippen molar-refractivity contribution >= 4 is 33.5 Å². The van der Waals surface area contributed by atoms with Crippen molar-refractivity contribution in [3.63, 3.8) is 0 Å². The molecule has 7 nitrogen and oxygen atoms in total. The number of nitrogens with zero attached hydrogens (tertiary/aromatic N) is 2. The molecule has 0 radical (unpaired) electrons. The predicted molar refractivity (Wildman–Crippen MR) is 71.2 cm³/mol. The Morgan fingerprint density at radius 3 is 2.48 bits per heavy atom. The highest BCUT2D eigenvalue weighted by molar-refractivity contribution is 7.92. The van der Waals surface area contributed by atoms with Gasteiger partial charge in [0.15, 0.2) is 0 Å². The van der Waals surface area contributed by atoms with Crippen LogP contribution in [0, 0.1) is 5.82 Å². The van der Waals surface area contributed by atoms with Crippen molar-refractivity contribution in [3.8, 4) is 0 Å². The standard InChI is InChI=1S/C11H7ClFN3O4S/c12-9-7(10(17)18)4-6(5-8(9)13)21(19,20)16-11-14-2-1-3-15-11/h1-5H,(H,17,18)(H,14,15,16). The zero-order valence-corrected chi connectivity index (χ0v) is 11.7. The zero-order chi connectivity index (χ0) is 15.6. The Morgan fingerprint density at radius 1 is 1.29 bits per heavy atom. The maximum atomic E-state index is 13.6. The van der Waals surface area contributed by atoms with E-state index in [-0.39, 0.29) is 5.95 Å². The minimum Gasteiger partial charge on any atom is -0.478 e. The number of hydrogen-bond donors (Lipinski definition) is 2. The third kappa shape index (κ3) is 3.26. The van der Waals surface area contributed by atoms with Crippen LogP contribution >= 0.6 is 11.6 Å². The molecule has 0 bridgehead atoms. The molecule has 0 amide bonds. The largest absolute Gasteiger partial charge is 0.478 e. The highest BCUT2D eigenvalue weighted by atomic mass is 35.5. The summed E-state index contributed by atoms with van der Waals surface area (Å²) in [6.45, 7) is 0. The predicted octanol–water partition coefficient (Wildman–Crippen LogP) is 1.77. The molecular formula is C11H7ClFN3O4S. The third-order valence-corrected chi connectivity index (χ3v) is 4.03. The van der Waals surface area contributed by atoms with Crippen LogP contribution in [0.3, 0.4) is 0 Å². The van der Waals surface area contributed by atoms with E-state index in [0.29, 0.717) is 6.07 Å². The topological polar surface area (TPSA) is 109 Å². The molecule has 1 aromatic heterocycles. The van der Waals surface area contributed by atoms with Crippen molar-refractivity contribution in [2.45, 2.75) is 4.90 Å². The number of aromatic carboxylic acids is 1. The highest BCUT2D eigenvalue weighted by Gasteiger charge is 2.22. The summed E-state index contributed by atoms with van der Waals surface area (Å²) in [6, 6.07) is 2.83. The first-order valence-electron chi connectivity index (χ1n) is 5.33. The fourth-order valence-electron chi connectivity index (χ4n) is 1.41. The van der Waals surface area contributed by atoms with Gasteiger partial charge in [-0.3, -0.25) is 0 Å². The van der Waals surface area contributed by atoms with Gasteiger partial charge in [0.05, 0.1) is 15.5 Å². The van der Waals surface area contributed by atoms with Gasteiger partial charge in [-0.1, -0.05) is 11.6 Å². The lowest BCUT2D eigenvalue weighted by Crippen LogP contribution is -2.16. The fourth-order valence-corrected chi connectivity index (χ4v) is 2.59. The second kappa shape index (κ2) is 5.62. The SMILES string of the molecule is O=C(O)c1cc(S(=O)(=O)Nc2ncccn2)cc(F)c1Cl. The summed E-state index contributed by atoms with van der Waals surface area (Å²) in [5, 5.41) is 8.21. The van der Waals surface area contributed by atoms with E-state index in [9.17, 15) is 17.6 Å². The Bertz CT molecular complexity index is 799. The van der Waals surface area contributed by atoms with Crippen LogP contribution in [0.25, 0.3) is 0 Å². The van der Waals surface area contributed by atoms with Crippen LogP contribution in [0.1, 0.15) is 10.4 Å². The van der Waals surface area contributed by atoms with Crippen molar-refractivity contribution in [1.29, 1.82) is 0 Å². The molecule has 0 saturated heterocycles. The lowest BCUT2D eigenvalue weighted by molar-refractivity contribution is 0.0696. The summed E-state index contributed by atoms with van der Waals surface area (Å²) in [5.41, 5.74) is -0.661. The molecule has 0 unspecified atom stereocenters. The summed E-state index contributed by atoms with van der Waals surface area (Å²) >= 11 is 5.47. The molecule has 0 spiro atoms. The number of halogens is 2. The van der Waals surface area contributed by atoms with Gasteiger partial charge in [-0.25, -0.2) is 32.3 Å². The number of benzene rings is 1. The van der Waals surface area contributed by atoms with Crippen molar-refractivity contribution in [3.05, 3.63) is 47.0 Å². The van der Waals surface area contributed by atoms with Gasteiger partial charge in [-0.15, -0.1) is 0 Å². The van der Waals surface area contributed by atoms with Gasteiger partial charge < -0.3 is 5.11 Å². The maximum Gasteiger partial charge on any atom is 0.337 e. The van der Waals surface area contributed by atoms with E-state index in [1.807, 2.05) is 4.72 Å². The summed E-state index contributed by atoms with van der Waals surface area (Å²) in [7, 11) is -4.25. The highest BCUT2D eigenvalue weighted by Crippen LogP contribution is 2.25. The smallest absolute Gasteiger partial charge is 0.337 e. The van der Waals surface area contributed by atoms with E-state index < -0.39 is 37.3 Å². The molecule has 10 heteroatoms. The normalized spacial score (nSPS) is 11.1. The fraction of sp³-hybridized carbons (Fsp3) is 0. The molecule has 0 aliphatic rings. The molecule has 0 aliphatic heterocycles. The molecule has 0 saturated carbocycles. The molecule has 2 N–H and O–H groups in total. The average Bonchev–Trinajstić information content (AvgIpc) is 2.41. The van der Waals surface area contributed by atoms with Crippen LogP contribution in [0.15, 0.2) is 35.5 Å². The Labute approximate surface area is 123 Å². The first-order chi connectivity index (χ1) is 9.81. The van der Waals surface area contributed by atoms with Crippen LogP contribution in [-0.4, -0.2) is 29.5 Å². The number of sulfonamides is 1. The van der Waals surface area contributed by atoms with Crippen LogP contribution in [0.4, 0.5) is 10.3 Å². The van der Waals surface area contributed by atoms with Gasteiger partial charge in [0.25, 0.3) is 10.0 Å². The molecule has 1 heterocycles. The van der Waals surface area contributed by atoms with Crippen molar-refractivity contribution in [2.75, 3.05) is 4.72 Å². The van der Waals surface area contributed by atoms with E-state index in [4.69, 9.17) is 16.7 Å². The molecule has 21 heavy (non-hydrogen) atoms. The first-order valence-corrected chi connectivity index (χ1v) is 7.19.